The zero-order valence-electron chi connectivity index (χ0n) is 20.6. The molecule has 2 aliphatic rings. The van der Waals surface area contributed by atoms with Crippen LogP contribution < -0.4 is 10.6 Å². The summed E-state index contributed by atoms with van der Waals surface area (Å²) in [5.41, 5.74) is 4.54. The molecule has 8 nitrogen and oxygen atoms in total. The molecular formula is C26H32F2N8. The summed E-state index contributed by atoms with van der Waals surface area (Å²) in [6, 6.07) is 4.50. The number of rotatable bonds is 5. The van der Waals surface area contributed by atoms with E-state index in [0.29, 0.717) is 11.6 Å². The molecule has 190 valence electrons. The lowest BCUT2D eigenvalue weighted by Crippen LogP contribution is -2.44. The van der Waals surface area contributed by atoms with Gasteiger partial charge in [0, 0.05) is 60.0 Å². The molecule has 0 bridgehead atoms. The van der Waals surface area contributed by atoms with Gasteiger partial charge in [-0.1, -0.05) is 12.7 Å². The van der Waals surface area contributed by atoms with Crippen LogP contribution >= 0.6 is 0 Å². The summed E-state index contributed by atoms with van der Waals surface area (Å²) in [4.78, 5) is 14.2. The average molecular weight is 495 g/mol. The molecule has 5 heterocycles. The van der Waals surface area contributed by atoms with Crippen LogP contribution in [0.1, 0.15) is 31.2 Å². The SMILES string of the molecule is C=Cc1cnn2ccc(-c3c[nH]c4nc(NC5CC(F)(F)C5)ncc34)cc12.CNC1CCN(C)CC1. The first-order valence-corrected chi connectivity index (χ1v) is 12.3. The van der Waals surface area contributed by atoms with Gasteiger partial charge in [-0.15, -0.1) is 0 Å². The smallest absolute Gasteiger partial charge is 0.252 e. The van der Waals surface area contributed by atoms with Crippen molar-refractivity contribution < 1.29 is 8.78 Å². The summed E-state index contributed by atoms with van der Waals surface area (Å²) in [5, 5.41) is 11.4. The first kappa shape index (κ1) is 24.3. The number of fused-ring (bicyclic) bond motifs is 2. The summed E-state index contributed by atoms with van der Waals surface area (Å²) < 4.78 is 27.7. The van der Waals surface area contributed by atoms with E-state index in [-0.39, 0.29) is 18.9 Å². The van der Waals surface area contributed by atoms with Crippen molar-refractivity contribution in [3.8, 4) is 11.1 Å². The summed E-state index contributed by atoms with van der Waals surface area (Å²) in [7, 11) is 4.24. The molecular weight excluding hydrogens is 462 g/mol. The minimum absolute atomic E-state index is 0.179. The maximum Gasteiger partial charge on any atom is 0.252 e. The molecule has 0 amide bonds. The Labute approximate surface area is 208 Å². The van der Waals surface area contributed by atoms with Crippen molar-refractivity contribution in [1.29, 1.82) is 0 Å². The standard InChI is InChI=1S/C19H16F2N6.C7H16N2/c1-2-11-8-24-27-4-3-12(5-16(11)27)14-9-22-17-15(14)10-23-18(26-17)25-13-6-19(20,21)7-13;1-8-7-3-5-9(2)6-4-7/h2-5,8-10,13H,1,6-7H2,(H2,22,23,25,26);7-8H,3-6H2,1-2H3. The number of hydrogen-bond donors (Lipinski definition) is 3. The van der Waals surface area contributed by atoms with Gasteiger partial charge in [0.05, 0.1) is 11.7 Å². The van der Waals surface area contributed by atoms with Gasteiger partial charge in [0.1, 0.15) is 5.65 Å². The van der Waals surface area contributed by atoms with Gasteiger partial charge in [-0.2, -0.15) is 10.1 Å². The first-order valence-electron chi connectivity index (χ1n) is 12.3. The predicted molar refractivity (Wildman–Crippen MR) is 139 cm³/mol. The van der Waals surface area contributed by atoms with Crippen LogP contribution in [-0.4, -0.2) is 74.7 Å². The molecule has 10 heteroatoms. The summed E-state index contributed by atoms with van der Waals surface area (Å²) >= 11 is 0. The van der Waals surface area contributed by atoms with Crippen molar-refractivity contribution in [2.75, 3.05) is 32.5 Å². The van der Waals surface area contributed by atoms with Gasteiger partial charge in [0.2, 0.25) is 5.95 Å². The predicted octanol–water partition coefficient (Wildman–Crippen LogP) is 4.43. The number of pyridine rings is 1. The molecule has 6 rings (SSSR count). The summed E-state index contributed by atoms with van der Waals surface area (Å²) in [5.74, 6) is -2.21. The Morgan fingerprint density at radius 2 is 1.97 bits per heavy atom. The number of piperidine rings is 1. The Balaban J connectivity index is 0.000000252. The molecule has 0 aromatic carbocycles. The molecule has 3 N–H and O–H groups in total. The van der Waals surface area contributed by atoms with Crippen molar-refractivity contribution in [3.63, 3.8) is 0 Å². The minimum Gasteiger partial charge on any atom is -0.351 e. The number of nitrogens with zero attached hydrogens (tertiary/aromatic N) is 5. The van der Waals surface area contributed by atoms with Gasteiger partial charge in [-0.3, -0.25) is 0 Å². The highest BCUT2D eigenvalue weighted by Gasteiger charge is 2.45. The van der Waals surface area contributed by atoms with Crippen molar-refractivity contribution in [2.24, 2.45) is 0 Å². The van der Waals surface area contributed by atoms with Crippen molar-refractivity contribution in [1.82, 2.24) is 34.8 Å². The van der Waals surface area contributed by atoms with Crippen molar-refractivity contribution >= 4 is 28.6 Å². The molecule has 1 saturated heterocycles. The van der Waals surface area contributed by atoms with Crippen LogP contribution in [0, 0.1) is 0 Å². The highest BCUT2D eigenvalue weighted by Crippen LogP contribution is 2.39. The van der Waals surface area contributed by atoms with Crippen LogP contribution in [0.2, 0.25) is 0 Å². The quantitative estimate of drug-likeness (QED) is 0.381. The van der Waals surface area contributed by atoms with Crippen LogP contribution in [0.25, 0.3) is 33.8 Å². The van der Waals surface area contributed by atoms with E-state index in [4.69, 9.17) is 0 Å². The number of halogens is 2. The van der Waals surface area contributed by atoms with Gasteiger partial charge in [0.25, 0.3) is 5.92 Å². The minimum atomic E-state index is -2.57. The zero-order valence-corrected chi connectivity index (χ0v) is 20.6. The van der Waals surface area contributed by atoms with E-state index in [0.717, 1.165) is 33.6 Å². The molecule has 36 heavy (non-hydrogen) atoms. The number of anilines is 1. The molecule has 0 atom stereocenters. The molecule has 1 aliphatic heterocycles. The van der Waals surface area contributed by atoms with Gasteiger partial charge in [0.15, 0.2) is 0 Å². The molecule has 0 radical (unpaired) electrons. The monoisotopic (exact) mass is 494 g/mol. The number of alkyl halides is 2. The second-order valence-corrected chi connectivity index (χ2v) is 9.68. The largest absolute Gasteiger partial charge is 0.351 e. The number of aromatic nitrogens is 5. The van der Waals surface area contributed by atoms with E-state index in [2.05, 4.69) is 56.3 Å². The molecule has 0 unspecified atom stereocenters. The summed E-state index contributed by atoms with van der Waals surface area (Å²) in [6.45, 7) is 6.33. The van der Waals surface area contributed by atoms with Gasteiger partial charge < -0.3 is 20.5 Å². The molecule has 4 aromatic heterocycles. The third-order valence-corrected chi connectivity index (χ3v) is 7.06. The molecule has 0 spiro atoms. The fourth-order valence-corrected chi connectivity index (χ4v) is 4.78. The maximum atomic E-state index is 13.0. The lowest BCUT2D eigenvalue weighted by atomic mass is 9.88. The fraction of sp³-hybridized carbons (Fsp3) is 0.423. The fourth-order valence-electron chi connectivity index (χ4n) is 4.78. The van der Waals surface area contributed by atoms with E-state index >= 15 is 0 Å². The molecule has 2 fully saturated rings. The molecule has 1 saturated carbocycles. The van der Waals surface area contributed by atoms with Crippen molar-refractivity contribution in [3.05, 3.63) is 49.1 Å². The van der Waals surface area contributed by atoms with Gasteiger partial charge >= 0.3 is 0 Å². The third-order valence-electron chi connectivity index (χ3n) is 7.06. The van der Waals surface area contributed by atoms with E-state index in [1.54, 1.807) is 23.0 Å². The Morgan fingerprint density at radius 1 is 1.19 bits per heavy atom. The Bertz CT molecular complexity index is 1340. The Morgan fingerprint density at radius 3 is 2.67 bits per heavy atom. The highest BCUT2D eigenvalue weighted by molar-refractivity contribution is 5.94. The highest BCUT2D eigenvalue weighted by atomic mass is 19.3. The van der Waals surface area contributed by atoms with Crippen LogP contribution in [0.5, 0.6) is 0 Å². The number of likely N-dealkylation sites (tertiary alicyclic amines) is 1. The molecule has 1 aliphatic carbocycles. The lowest BCUT2D eigenvalue weighted by molar-refractivity contribution is -0.0794. The lowest BCUT2D eigenvalue weighted by Gasteiger charge is -2.35. The maximum absolute atomic E-state index is 13.0. The van der Waals surface area contributed by atoms with Crippen LogP contribution in [0.15, 0.2) is 43.5 Å². The second-order valence-electron chi connectivity index (χ2n) is 9.68. The summed E-state index contributed by atoms with van der Waals surface area (Å²) in [6.07, 6.45) is 11.3. The number of H-pyrrole nitrogens is 1. The van der Waals surface area contributed by atoms with E-state index < -0.39 is 5.92 Å². The van der Waals surface area contributed by atoms with Crippen LogP contribution in [0.3, 0.4) is 0 Å². The average Bonchev–Trinajstić information content (AvgIpc) is 3.47. The van der Waals surface area contributed by atoms with Gasteiger partial charge in [-0.25, -0.2) is 18.3 Å². The topological polar surface area (TPSA) is 86.2 Å². The Kier molecular flexibility index (Phi) is 6.72. The second kappa shape index (κ2) is 9.94. The Hall–Kier alpha value is -3.37. The number of aromatic amines is 1. The van der Waals surface area contributed by atoms with Crippen LogP contribution in [-0.2, 0) is 0 Å². The molecule has 4 aromatic rings. The normalized spacial score (nSPS) is 18.6. The van der Waals surface area contributed by atoms with Gasteiger partial charge in [-0.05, 0) is 57.7 Å². The van der Waals surface area contributed by atoms with E-state index in [1.165, 1.54) is 25.9 Å². The third kappa shape index (κ3) is 5.10. The van der Waals surface area contributed by atoms with E-state index in [1.807, 2.05) is 24.5 Å². The number of nitrogens with one attached hydrogen (secondary N) is 3. The van der Waals surface area contributed by atoms with Crippen molar-refractivity contribution in [2.45, 2.75) is 43.7 Å². The van der Waals surface area contributed by atoms with Crippen LogP contribution in [0.4, 0.5) is 14.7 Å². The number of hydrogen-bond acceptors (Lipinski definition) is 6. The van der Waals surface area contributed by atoms with E-state index in [9.17, 15) is 8.78 Å². The zero-order chi connectivity index (χ0) is 25.3. The first-order chi connectivity index (χ1) is 17.3.